The first-order chi connectivity index (χ1) is 2.50. The van der Waals surface area contributed by atoms with Gasteiger partial charge in [0.15, 0.2) is 0 Å². The number of imidazole rings is 1. The van der Waals surface area contributed by atoms with Gasteiger partial charge in [-0.1, -0.05) is 0 Å². The number of rotatable bonds is 0. The van der Waals surface area contributed by atoms with Crippen molar-refractivity contribution in [2.24, 2.45) is 0 Å². The molecule has 7 N–H and O–H groups in total. The Labute approximate surface area is 42.1 Å². The van der Waals surface area contributed by atoms with Crippen molar-refractivity contribution in [2.45, 2.75) is 0 Å². The van der Waals surface area contributed by atoms with Gasteiger partial charge in [-0.15, -0.1) is 0 Å². The third-order valence-electron chi connectivity index (χ3n) is 0.406. The summed E-state index contributed by atoms with van der Waals surface area (Å²) in [4.78, 5) is 6.42. The Morgan fingerprint density at radius 1 is 1.29 bits per heavy atom. The summed E-state index contributed by atoms with van der Waals surface area (Å²) >= 11 is 0. The molecule has 0 aliphatic rings. The molecule has 0 aromatic carbocycles. The average Bonchev–Trinajstić information content (AvgIpc) is 1.76. The number of aromatic amines is 1. The van der Waals surface area contributed by atoms with Crippen molar-refractivity contribution in [1.29, 1.82) is 0 Å². The van der Waals surface area contributed by atoms with E-state index in [0.29, 0.717) is 0 Å². The molecule has 0 amide bonds. The first kappa shape index (κ1) is 9.46. The highest BCUT2D eigenvalue weighted by Gasteiger charge is 1.56. The fourth-order valence-corrected chi connectivity index (χ4v) is 0.215. The molecule has 7 heavy (non-hydrogen) atoms. The van der Waals surface area contributed by atoms with Gasteiger partial charge in [-0.05, 0) is 0 Å². The minimum absolute atomic E-state index is 0. The maximum atomic E-state index is 3.67. The third-order valence-corrected chi connectivity index (χ3v) is 0.406. The molecule has 0 fully saturated rings. The van der Waals surface area contributed by atoms with Gasteiger partial charge >= 0.3 is 0 Å². The molecule has 0 aliphatic carbocycles. The Morgan fingerprint density at radius 2 is 2.00 bits per heavy atom. The van der Waals surface area contributed by atoms with Crippen LogP contribution in [-0.4, -0.2) is 9.97 Å². The van der Waals surface area contributed by atoms with E-state index in [2.05, 4.69) is 9.97 Å². The van der Waals surface area contributed by atoms with E-state index in [9.17, 15) is 0 Å². The van der Waals surface area contributed by atoms with E-state index < -0.39 is 0 Å². The van der Waals surface area contributed by atoms with Crippen molar-refractivity contribution >= 4 is 0 Å². The van der Waals surface area contributed by atoms with Crippen LogP contribution in [0.15, 0.2) is 18.7 Å². The lowest BCUT2D eigenvalue weighted by Gasteiger charge is -1.46. The number of aromatic nitrogens is 2. The van der Waals surface area contributed by atoms with E-state index in [1.165, 1.54) is 0 Å². The summed E-state index contributed by atoms with van der Waals surface area (Å²) in [6, 6.07) is 0. The molecule has 1 rings (SSSR count). The van der Waals surface area contributed by atoms with E-state index in [-0.39, 0.29) is 12.3 Å². The van der Waals surface area contributed by atoms with Gasteiger partial charge in [-0.3, -0.25) is 0 Å². The number of nitrogens with one attached hydrogen (secondary N) is 1. The van der Waals surface area contributed by atoms with Gasteiger partial charge in [0.2, 0.25) is 0 Å². The molecule has 0 atom stereocenters. The largest absolute Gasteiger partial charge is 0.351 e. The van der Waals surface area contributed by atoms with Crippen molar-refractivity contribution < 1.29 is 0 Å². The summed E-state index contributed by atoms with van der Waals surface area (Å²) in [5.41, 5.74) is 0. The van der Waals surface area contributed by atoms with Crippen molar-refractivity contribution in [3.8, 4) is 0 Å². The van der Waals surface area contributed by atoms with Gasteiger partial charge in [0.1, 0.15) is 0 Å². The third kappa shape index (κ3) is 2.95. The maximum Gasteiger partial charge on any atom is 0.0919 e. The van der Waals surface area contributed by atoms with Gasteiger partial charge in [0.05, 0.1) is 6.33 Å². The molecule has 1 heterocycles. The van der Waals surface area contributed by atoms with Crippen LogP contribution in [0.3, 0.4) is 0 Å². The molecule has 1 aromatic heterocycles. The predicted octanol–water partition coefficient (Wildman–Crippen LogP) is 0.734. The normalized spacial score (nSPS) is 5.71. The molecule has 0 bridgehead atoms. The van der Waals surface area contributed by atoms with Gasteiger partial charge in [-0.25, -0.2) is 4.98 Å². The fourth-order valence-electron chi connectivity index (χ4n) is 0.215. The van der Waals surface area contributed by atoms with Crippen LogP contribution < -0.4 is 12.3 Å². The van der Waals surface area contributed by atoms with E-state index in [1.54, 1.807) is 18.7 Å². The van der Waals surface area contributed by atoms with Gasteiger partial charge in [0, 0.05) is 12.4 Å². The molecule has 4 nitrogen and oxygen atoms in total. The number of H-pyrrole nitrogens is 1. The quantitative estimate of drug-likeness (QED) is 0.450. The predicted molar refractivity (Wildman–Crippen MR) is 28.6 cm³/mol. The highest BCUT2D eigenvalue weighted by atomic mass is 14.8. The van der Waals surface area contributed by atoms with Crippen LogP contribution in [-0.2, 0) is 0 Å². The molecule has 0 unspecified atom stereocenters. The smallest absolute Gasteiger partial charge is 0.0919 e. The highest BCUT2D eigenvalue weighted by molar-refractivity contribution is 4.64. The molecule has 0 radical (unpaired) electrons. The first-order valence-electron chi connectivity index (χ1n) is 1.43. The zero-order chi connectivity index (χ0) is 3.54. The van der Waals surface area contributed by atoms with Crippen molar-refractivity contribution in [3.05, 3.63) is 18.7 Å². The molecule has 4 heteroatoms. The van der Waals surface area contributed by atoms with Crippen LogP contribution >= 0.6 is 0 Å². The lowest BCUT2D eigenvalue weighted by atomic mass is 11.0. The Bertz CT molecular complexity index is 63.4. The molecule has 1 aromatic rings. The molecular weight excluding hydrogens is 92.1 g/mol. The SMILES string of the molecule is N.N.c1c[nH]cn1. The first-order valence-corrected chi connectivity index (χ1v) is 1.43. The van der Waals surface area contributed by atoms with Crippen LogP contribution in [0.2, 0.25) is 0 Å². The zero-order valence-electron chi connectivity index (χ0n) is 4.09. The molecule has 0 spiro atoms. The lowest BCUT2D eigenvalue weighted by Crippen LogP contribution is -1.44. The summed E-state index contributed by atoms with van der Waals surface area (Å²) in [5.74, 6) is 0. The summed E-state index contributed by atoms with van der Waals surface area (Å²) in [6.45, 7) is 0. The van der Waals surface area contributed by atoms with Crippen molar-refractivity contribution in [1.82, 2.24) is 22.3 Å². The number of nitrogens with zero attached hydrogens (tertiary/aromatic N) is 1. The second-order valence-corrected chi connectivity index (χ2v) is 0.761. The van der Waals surface area contributed by atoms with Crippen LogP contribution in [0.25, 0.3) is 0 Å². The zero-order valence-corrected chi connectivity index (χ0v) is 4.09. The fraction of sp³-hybridized carbons (Fsp3) is 0. The second-order valence-electron chi connectivity index (χ2n) is 0.761. The Balaban J connectivity index is 0. The molecular formula is C3H10N4. The second kappa shape index (κ2) is 5.13. The number of hydrogen-bond donors (Lipinski definition) is 3. The standard InChI is InChI=1S/C3H4N2.2H3N/c1-2-5-3-4-1;;/h1-3H,(H,4,5);2*1H3. The average molecular weight is 102 g/mol. The van der Waals surface area contributed by atoms with Gasteiger partial charge in [0.25, 0.3) is 0 Å². The van der Waals surface area contributed by atoms with Crippen LogP contribution in [0, 0.1) is 0 Å². The van der Waals surface area contributed by atoms with Crippen LogP contribution in [0.5, 0.6) is 0 Å². The summed E-state index contributed by atoms with van der Waals surface area (Å²) in [7, 11) is 0. The Morgan fingerprint density at radius 3 is 2.14 bits per heavy atom. The van der Waals surface area contributed by atoms with Gasteiger partial charge < -0.3 is 17.3 Å². The van der Waals surface area contributed by atoms with Gasteiger partial charge in [-0.2, -0.15) is 0 Å². The number of hydrogen-bond acceptors (Lipinski definition) is 3. The molecule has 0 aliphatic heterocycles. The summed E-state index contributed by atoms with van der Waals surface area (Å²) in [6.07, 6.45) is 5.08. The van der Waals surface area contributed by atoms with Crippen molar-refractivity contribution in [2.75, 3.05) is 0 Å². The summed E-state index contributed by atoms with van der Waals surface area (Å²) in [5, 5.41) is 0. The topological polar surface area (TPSA) is 98.7 Å². The minimum atomic E-state index is 0. The monoisotopic (exact) mass is 102 g/mol. The van der Waals surface area contributed by atoms with E-state index in [0.717, 1.165) is 0 Å². The van der Waals surface area contributed by atoms with E-state index in [4.69, 9.17) is 0 Å². The Hall–Kier alpha value is -0.870. The molecule has 0 saturated carbocycles. The molecule has 42 valence electrons. The molecule has 0 saturated heterocycles. The van der Waals surface area contributed by atoms with Crippen molar-refractivity contribution in [3.63, 3.8) is 0 Å². The van der Waals surface area contributed by atoms with E-state index in [1.807, 2.05) is 0 Å². The van der Waals surface area contributed by atoms with Crippen LogP contribution in [0.1, 0.15) is 0 Å². The lowest BCUT2D eigenvalue weighted by molar-refractivity contribution is 1.31. The summed E-state index contributed by atoms with van der Waals surface area (Å²) < 4.78 is 0. The highest BCUT2D eigenvalue weighted by Crippen LogP contribution is 1.62. The maximum absolute atomic E-state index is 3.67. The van der Waals surface area contributed by atoms with E-state index >= 15 is 0 Å². The minimum Gasteiger partial charge on any atom is -0.351 e. The Kier molecular flexibility index (Phi) is 6.93. The van der Waals surface area contributed by atoms with Crippen LogP contribution in [0.4, 0.5) is 0 Å².